The largest absolute Gasteiger partial charge is 0.504 e. The fourth-order valence-electron chi connectivity index (χ4n) is 1.31. The Morgan fingerprint density at radius 3 is 2.82 bits per heavy atom. The van der Waals surface area contributed by atoms with Crippen molar-refractivity contribution in [1.29, 1.82) is 0 Å². The van der Waals surface area contributed by atoms with Gasteiger partial charge in [-0.25, -0.2) is 9.86 Å². The van der Waals surface area contributed by atoms with Crippen molar-refractivity contribution in [2.45, 2.75) is 6.42 Å². The number of phenolic OH excluding ortho intramolecular Hbond substituents is 1. The first-order chi connectivity index (χ1) is 8.04. The summed E-state index contributed by atoms with van der Waals surface area (Å²) in [7, 11) is 2.72. The first-order valence-corrected chi connectivity index (χ1v) is 5.11. The number of nitrogens with one attached hydrogen (secondary N) is 1. The molecule has 0 aromatic heterocycles. The molecule has 0 radical (unpaired) electrons. The summed E-state index contributed by atoms with van der Waals surface area (Å²) in [5.41, 5.74) is 0.917. The van der Waals surface area contributed by atoms with Gasteiger partial charge in [0.15, 0.2) is 11.5 Å². The van der Waals surface area contributed by atoms with E-state index in [1.807, 2.05) is 0 Å². The molecule has 2 amide bonds. The number of hydrogen-bond donors (Lipinski definition) is 3. The third-order valence-corrected chi connectivity index (χ3v) is 2.23. The van der Waals surface area contributed by atoms with Gasteiger partial charge in [-0.05, 0) is 24.1 Å². The van der Waals surface area contributed by atoms with Crippen molar-refractivity contribution >= 4 is 6.03 Å². The minimum Gasteiger partial charge on any atom is -0.504 e. The monoisotopic (exact) mass is 240 g/mol. The average molecular weight is 240 g/mol. The van der Waals surface area contributed by atoms with E-state index in [0.717, 1.165) is 5.56 Å². The quantitative estimate of drug-likeness (QED) is 0.541. The van der Waals surface area contributed by atoms with Gasteiger partial charge in [-0.15, -0.1) is 0 Å². The van der Waals surface area contributed by atoms with Gasteiger partial charge in [0.25, 0.3) is 0 Å². The van der Waals surface area contributed by atoms with E-state index in [-0.39, 0.29) is 5.75 Å². The van der Waals surface area contributed by atoms with Crippen LogP contribution in [0.15, 0.2) is 18.2 Å². The maximum atomic E-state index is 11.0. The van der Waals surface area contributed by atoms with Crippen LogP contribution in [0, 0.1) is 0 Å². The summed E-state index contributed by atoms with van der Waals surface area (Å²) in [6.07, 6.45) is 0.580. The molecule has 0 aliphatic heterocycles. The number of urea groups is 1. The predicted octanol–water partition coefficient (Wildman–Crippen LogP) is 0.974. The number of hydrogen-bond acceptors (Lipinski definition) is 4. The Labute approximate surface area is 99.4 Å². The number of phenols is 1. The molecule has 0 bridgehead atoms. The number of aromatic hydroxyl groups is 1. The summed E-state index contributed by atoms with van der Waals surface area (Å²) in [6, 6.07) is 4.42. The standard InChI is InChI=1S/C11H16N2O4/c1-13(16)11(15)12-6-5-8-3-4-9(14)10(7-8)17-2/h3-4,7,14,16H,5-6H2,1-2H3,(H,12,15). The van der Waals surface area contributed by atoms with Crippen molar-refractivity contribution in [2.24, 2.45) is 0 Å². The number of methoxy groups -OCH3 is 1. The molecule has 0 atom stereocenters. The molecule has 1 aromatic carbocycles. The van der Waals surface area contributed by atoms with Crippen LogP contribution in [-0.2, 0) is 6.42 Å². The molecule has 0 aliphatic carbocycles. The summed E-state index contributed by atoms with van der Waals surface area (Å²) in [4.78, 5) is 11.0. The highest BCUT2D eigenvalue weighted by Gasteiger charge is 2.05. The minimum absolute atomic E-state index is 0.0791. The lowest BCUT2D eigenvalue weighted by molar-refractivity contribution is -0.0181. The van der Waals surface area contributed by atoms with Gasteiger partial charge in [-0.3, -0.25) is 5.21 Å². The molecular weight excluding hydrogens is 224 g/mol. The molecule has 1 aromatic rings. The summed E-state index contributed by atoms with van der Waals surface area (Å²) >= 11 is 0. The fraction of sp³-hybridized carbons (Fsp3) is 0.364. The second kappa shape index (κ2) is 5.95. The van der Waals surface area contributed by atoms with E-state index >= 15 is 0 Å². The van der Waals surface area contributed by atoms with Crippen LogP contribution in [0.3, 0.4) is 0 Å². The molecule has 0 heterocycles. The number of nitrogens with zero attached hydrogens (tertiary/aromatic N) is 1. The number of ether oxygens (including phenoxy) is 1. The number of amides is 2. The Bertz CT molecular complexity index is 393. The van der Waals surface area contributed by atoms with Crippen LogP contribution >= 0.6 is 0 Å². The lowest BCUT2D eigenvalue weighted by Crippen LogP contribution is -2.36. The molecule has 17 heavy (non-hydrogen) atoms. The van der Waals surface area contributed by atoms with Crippen LogP contribution in [0.1, 0.15) is 5.56 Å². The normalized spacial score (nSPS) is 9.82. The lowest BCUT2D eigenvalue weighted by atomic mass is 10.1. The van der Waals surface area contributed by atoms with Gasteiger partial charge >= 0.3 is 6.03 Å². The number of hydroxylamine groups is 2. The molecular formula is C11H16N2O4. The van der Waals surface area contributed by atoms with Crippen molar-refractivity contribution in [3.05, 3.63) is 23.8 Å². The molecule has 6 nitrogen and oxygen atoms in total. The fourth-order valence-corrected chi connectivity index (χ4v) is 1.31. The topological polar surface area (TPSA) is 82.0 Å². The molecule has 6 heteroatoms. The van der Waals surface area contributed by atoms with Crippen molar-refractivity contribution in [3.8, 4) is 11.5 Å². The van der Waals surface area contributed by atoms with Gasteiger partial charge < -0.3 is 15.2 Å². The minimum atomic E-state index is -0.559. The van der Waals surface area contributed by atoms with Crippen LogP contribution < -0.4 is 10.1 Å². The van der Waals surface area contributed by atoms with E-state index in [4.69, 9.17) is 9.94 Å². The number of carbonyl (C=O) groups is 1. The summed E-state index contributed by atoms with van der Waals surface area (Å²) in [6.45, 7) is 0.387. The third-order valence-electron chi connectivity index (χ3n) is 2.23. The number of rotatable bonds is 4. The molecule has 0 spiro atoms. The highest BCUT2D eigenvalue weighted by atomic mass is 16.5. The smallest absolute Gasteiger partial charge is 0.340 e. The second-order valence-electron chi connectivity index (χ2n) is 3.51. The van der Waals surface area contributed by atoms with E-state index in [1.165, 1.54) is 20.2 Å². The maximum Gasteiger partial charge on any atom is 0.340 e. The predicted molar refractivity (Wildman–Crippen MR) is 61.3 cm³/mol. The molecule has 0 saturated heterocycles. The second-order valence-corrected chi connectivity index (χ2v) is 3.51. The Balaban J connectivity index is 2.50. The zero-order valence-corrected chi connectivity index (χ0v) is 9.80. The van der Waals surface area contributed by atoms with Gasteiger partial charge in [0.05, 0.1) is 7.11 Å². The summed E-state index contributed by atoms with van der Waals surface area (Å²) in [5.74, 6) is 0.475. The highest BCUT2D eigenvalue weighted by Crippen LogP contribution is 2.26. The van der Waals surface area contributed by atoms with E-state index in [9.17, 15) is 9.90 Å². The first-order valence-electron chi connectivity index (χ1n) is 5.11. The molecule has 0 unspecified atom stereocenters. The van der Waals surface area contributed by atoms with Crippen LogP contribution in [0.25, 0.3) is 0 Å². The van der Waals surface area contributed by atoms with Gasteiger partial charge in [0.2, 0.25) is 0 Å². The number of carbonyl (C=O) groups excluding carboxylic acids is 1. The Hall–Kier alpha value is -1.95. The van der Waals surface area contributed by atoms with Crippen molar-refractivity contribution in [3.63, 3.8) is 0 Å². The molecule has 0 saturated carbocycles. The average Bonchev–Trinajstić information content (AvgIpc) is 2.31. The van der Waals surface area contributed by atoms with Gasteiger partial charge in [0, 0.05) is 13.6 Å². The number of benzene rings is 1. The molecule has 0 fully saturated rings. The Morgan fingerprint density at radius 2 is 2.24 bits per heavy atom. The Morgan fingerprint density at radius 1 is 1.53 bits per heavy atom. The molecule has 1 rings (SSSR count). The van der Waals surface area contributed by atoms with Crippen molar-refractivity contribution in [1.82, 2.24) is 10.4 Å². The van der Waals surface area contributed by atoms with Gasteiger partial charge in [-0.1, -0.05) is 6.07 Å². The first kappa shape index (κ1) is 13.1. The van der Waals surface area contributed by atoms with Gasteiger partial charge in [0.1, 0.15) is 0 Å². The van der Waals surface area contributed by atoms with Crippen LogP contribution in [0.2, 0.25) is 0 Å². The molecule has 3 N–H and O–H groups in total. The highest BCUT2D eigenvalue weighted by molar-refractivity contribution is 5.72. The zero-order chi connectivity index (χ0) is 12.8. The summed E-state index contributed by atoms with van der Waals surface area (Å²) in [5, 5.41) is 21.2. The Kier molecular flexibility index (Phi) is 4.59. The lowest BCUT2D eigenvalue weighted by Gasteiger charge is -2.10. The molecule has 94 valence electrons. The van der Waals surface area contributed by atoms with Gasteiger partial charge in [-0.2, -0.15) is 0 Å². The SMILES string of the molecule is COc1cc(CCNC(=O)N(C)O)ccc1O. The van der Waals surface area contributed by atoms with Crippen molar-refractivity contribution < 1.29 is 19.8 Å². The van der Waals surface area contributed by atoms with Crippen LogP contribution in [0.4, 0.5) is 4.79 Å². The van der Waals surface area contributed by atoms with E-state index < -0.39 is 6.03 Å². The zero-order valence-electron chi connectivity index (χ0n) is 9.80. The third kappa shape index (κ3) is 3.84. The summed E-state index contributed by atoms with van der Waals surface area (Å²) < 4.78 is 4.97. The van der Waals surface area contributed by atoms with E-state index in [0.29, 0.717) is 23.8 Å². The van der Waals surface area contributed by atoms with Crippen LogP contribution in [0.5, 0.6) is 11.5 Å². The van der Waals surface area contributed by atoms with E-state index in [1.54, 1.807) is 12.1 Å². The molecule has 0 aliphatic rings. The maximum absolute atomic E-state index is 11.0. The van der Waals surface area contributed by atoms with E-state index in [2.05, 4.69) is 5.32 Å². The van der Waals surface area contributed by atoms with Crippen molar-refractivity contribution in [2.75, 3.05) is 20.7 Å². The van der Waals surface area contributed by atoms with Crippen LogP contribution in [-0.4, -0.2) is 42.1 Å².